The molecule has 0 radical (unpaired) electrons. The highest BCUT2D eigenvalue weighted by Crippen LogP contribution is 2.26. The minimum Gasteiger partial charge on any atom is -0.478 e. The molecule has 5 heteroatoms. The number of aromatic carboxylic acids is 1. The average molecular weight is 297 g/mol. The summed E-state index contributed by atoms with van der Waals surface area (Å²) in [5, 5.41) is 9.68. The first-order chi connectivity index (χ1) is 9.06. The van der Waals surface area contributed by atoms with Gasteiger partial charge in [-0.2, -0.15) is 0 Å². The van der Waals surface area contributed by atoms with E-state index in [9.17, 15) is 9.18 Å². The molecular formula is C14H10ClFO2S. The van der Waals surface area contributed by atoms with Crippen LogP contribution in [-0.2, 0) is 5.75 Å². The molecule has 0 amide bonds. The van der Waals surface area contributed by atoms with Crippen LogP contribution in [0.25, 0.3) is 0 Å². The van der Waals surface area contributed by atoms with Gasteiger partial charge in [-0.25, -0.2) is 9.18 Å². The Morgan fingerprint density at radius 1 is 1.21 bits per heavy atom. The summed E-state index contributed by atoms with van der Waals surface area (Å²) in [5.74, 6) is -1.20. The van der Waals surface area contributed by atoms with Crippen molar-refractivity contribution in [2.24, 2.45) is 0 Å². The third-order valence-corrected chi connectivity index (χ3v) is 3.82. The number of carboxylic acid groups (broad SMARTS) is 1. The van der Waals surface area contributed by atoms with E-state index < -0.39 is 11.8 Å². The van der Waals surface area contributed by atoms with Crippen molar-refractivity contribution in [2.75, 3.05) is 0 Å². The molecule has 0 spiro atoms. The molecule has 0 heterocycles. The summed E-state index contributed by atoms with van der Waals surface area (Å²) in [6.45, 7) is 0. The summed E-state index contributed by atoms with van der Waals surface area (Å²) >= 11 is 7.26. The van der Waals surface area contributed by atoms with E-state index in [4.69, 9.17) is 16.7 Å². The number of carboxylic acids is 1. The van der Waals surface area contributed by atoms with Crippen LogP contribution in [0, 0.1) is 5.82 Å². The van der Waals surface area contributed by atoms with Crippen LogP contribution in [0.2, 0.25) is 5.02 Å². The Morgan fingerprint density at radius 3 is 2.53 bits per heavy atom. The number of benzene rings is 2. The highest BCUT2D eigenvalue weighted by Gasteiger charge is 2.11. The largest absolute Gasteiger partial charge is 0.478 e. The van der Waals surface area contributed by atoms with Gasteiger partial charge in [-0.1, -0.05) is 17.7 Å². The first kappa shape index (κ1) is 13.9. The Bertz CT molecular complexity index is 599. The van der Waals surface area contributed by atoms with E-state index in [2.05, 4.69) is 0 Å². The van der Waals surface area contributed by atoms with Crippen molar-refractivity contribution in [3.63, 3.8) is 0 Å². The maximum Gasteiger partial charge on any atom is 0.336 e. The van der Waals surface area contributed by atoms with E-state index in [1.165, 1.54) is 23.9 Å². The van der Waals surface area contributed by atoms with Crippen LogP contribution in [0.3, 0.4) is 0 Å². The summed E-state index contributed by atoms with van der Waals surface area (Å²) in [7, 11) is 0. The van der Waals surface area contributed by atoms with Crippen molar-refractivity contribution >= 4 is 29.3 Å². The zero-order valence-corrected chi connectivity index (χ0v) is 11.3. The Balaban J connectivity index is 2.15. The topological polar surface area (TPSA) is 37.3 Å². The molecule has 0 aliphatic carbocycles. The van der Waals surface area contributed by atoms with Crippen LogP contribution in [0.5, 0.6) is 0 Å². The second kappa shape index (κ2) is 6.08. The van der Waals surface area contributed by atoms with Crippen LogP contribution >= 0.6 is 23.4 Å². The lowest BCUT2D eigenvalue weighted by atomic mass is 10.1. The van der Waals surface area contributed by atoms with Gasteiger partial charge in [0.05, 0.1) is 5.56 Å². The monoisotopic (exact) mass is 296 g/mol. The third-order valence-electron chi connectivity index (χ3n) is 2.51. The molecule has 19 heavy (non-hydrogen) atoms. The third kappa shape index (κ3) is 3.72. The van der Waals surface area contributed by atoms with Crippen molar-refractivity contribution in [2.45, 2.75) is 10.6 Å². The Hall–Kier alpha value is -1.52. The van der Waals surface area contributed by atoms with Crippen LogP contribution < -0.4 is 0 Å². The van der Waals surface area contributed by atoms with Gasteiger partial charge in [-0.05, 0) is 42.0 Å². The Kier molecular flexibility index (Phi) is 4.45. The van der Waals surface area contributed by atoms with E-state index >= 15 is 0 Å². The fourth-order valence-corrected chi connectivity index (χ4v) is 2.59. The van der Waals surface area contributed by atoms with Gasteiger partial charge in [-0.3, -0.25) is 0 Å². The molecule has 2 aromatic carbocycles. The first-order valence-corrected chi connectivity index (χ1v) is 6.83. The van der Waals surface area contributed by atoms with Gasteiger partial charge in [0.25, 0.3) is 0 Å². The summed E-state index contributed by atoms with van der Waals surface area (Å²) in [6.07, 6.45) is 0. The van der Waals surface area contributed by atoms with Gasteiger partial charge in [0.1, 0.15) is 5.82 Å². The highest BCUT2D eigenvalue weighted by molar-refractivity contribution is 7.98. The summed E-state index contributed by atoms with van der Waals surface area (Å²) in [5.41, 5.74) is 0.593. The van der Waals surface area contributed by atoms with E-state index in [1.807, 2.05) is 12.1 Å². The van der Waals surface area contributed by atoms with Crippen molar-refractivity contribution in [1.29, 1.82) is 0 Å². The molecule has 0 bridgehead atoms. The fourth-order valence-electron chi connectivity index (χ4n) is 1.57. The summed E-state index contributed by atoms with van der Waals surface area (Å²) in [4.78, 5) is 12.0. The molecule has 1 N–H and O–H groups in total. The van der Waals surface area contributed by atoms with Crippen molar-refractivity contribution in [3.05, 3.63) is 64.4 Å². The van der Waals surface area contributed by atoms with Gasteiger partial charge < -0.3 is 5.11 Å². The maximum atomic E-state index is 13.0. The van der Waals surface area contributed by atoms with Gasteiger partial charge in [0, 0.05) is 15.7 Å². The zero-order valence-electron chi connectivity index (χ0n) is 9.77. The molecule has 2 nitrogen and oxygen atoms in total. The molecule has 0 saturated heterocycles. The maximum absolute atomic E-state index is 13.0. The molecule has 0 saturated carbocycles. The highest BCUT2D eigenvalue weighted by atomic mass is 35.5. The number of hydrogen-bond acceptors (Lipinski definition) is 2. The summed E-state index contributed by atoms with van der Waals surface area (Å²) < 4.78 is 13.0. The molecule has 0 aliphatic rings. The average Bonchev–Trinajstić information content (AvgIpc) is 2.39. The second-order valence-corrected chi connectivity index (χ2v) is 5.33. The SMILES string of the molecule is O=C(O)c1cc(F)ccc1CSc1ccc(Cl)cc1. The lowest BCUT2D eigenvalue weighted by Gasteiger charge is -2.06. The normalized spacial score (nSPS) is 10.4. The minimum atomic E-state index is -1.12. The van der Waals surface area contributed by atoms with Crippen LogP contribution in [0.4, 0.5) is 4.39 Å². The molecule has 2 aromatic rings. The Morgan fingerprint density at radius 2 is 1.89 bits per heavy atom. The second-order valence-electron chi connectivity index (χ2n) is 3.85. The van der Waals surface area contributed by atoms with Gasteiger partial charge in [0.2, 0.25) is 0 Å². The first-order valence-electron chi connectivity index (χ1n) is 5.46. The van der Waals surface area contributed by atoms with Gasteiger partial charge in [0.15, 0.2) is 0 Å². The predicted molar refractivity (Wildman–Crippen MR) is 74.4 cm³/mol. The number of rotatable bonds is 4. The molecule has 0 fully saturated rings. The molecule has 2 rings (SSSR count). The van der Waals surface area contributed by atoms with Crippen molar-refractivity contribution in [3.8, 4) is 0 Å². The van der Waals surface area contributed by atoms with Crippen LogP contribution in [-0.4, -0.2) is 11.1 Å². The summed E-state index contributed by atoms with van der Waals surface area (Å²) in [6, 6.07) is 11.1. The number of carbonyl (C=O) groups is 1. The number of halogens is 2. The lowest BCUT2D eigenvalue weighted by Crippen LogP contribution is -2.02. The molecule has 0 atom stereocenters. The molecule has 0 unspecified atom stereocenters. The van der Waals surface area contributed by atoms with E-state index in [0.29, 0.717) is 16.3 Å². The Labute approximate surface area is 119 Å². The van der Waals surface area contributed by atoms with Gasteiger partial charge in [-0.15, -0.1) is 11.8 Å². The standard InChI is InChI=1S/C14H10ClFO2S/c15-10-2-5-12(6-3-10)19-8-9-1-4-11(16)7-13(9)14(17)18/h1-7H,8H2,(H,17,18). The minimum absolute atomic E-state index is 0.00136. The lowest BCUT2D eigenvalue weighted by molar-refractivity contribution is 0.0695. The van der Waals surface area contributed by atoms with E-state index in [1.54, 1.807) is 12.1 Å². The predicted octanol–water partition coefficient (Wildman–Crippen LogP) is 4.47. The quantitative estimate of drug-likeness (QED) is 0.846. The van der Waals surface area contributed by atoms with Crippen molar-refractivity contribution in [1.82, 2.24) is 0 Å². The molecule has 0 aliphatic heterocycles. The smallest absolute Gasteiger partial charge is 0.336 e. The van der Waals surface area contributed by atoms with Crippen molar-refractivity contribution < 1.29 is 14.3 Å². The van der Waals surface area contributed by atoms with Crippen LogP contribution in [0.15, 0.2) is 47.4 Å². The zero-order chi connectivity index (χ0) is 13.8. The molecule has 0 aromatic heterocycles. The van der Waals surface area contributed by atoms with Gasteiger partial charge >= 0.3 is 5.97 Å². The molecular weight excluding hydrogens is 287 g/mol. The van der Waals surface area contributed by atoms with Crippen LogP contribution in [0.1, 0.15) is 15.9 Å². The fraction of sp³-hybridized carbons (Fsp3) is 0.0714. The number of hydrogen-bond donors (Lipinski definition) is 1. The van der Waals surface area contributed by atoms with E-state index in [-0.39, 0.29) is 5.56 Å². The van der Waals surface area contributed by atoms with E-state index in [0.717, 1.165) is 11.0 Å². The molecule has 98 valence electrons. The number of thioether (sulfide) groups is 1.